The zero-order chi connectivity index (χ0) is 25.1. The minimum absolute atomic E-state index is 0.0369. The van der Waals surface area contributed by atoms with Crippen LogP contribution >= 0.6 is 0 Å². The molecule has 3 N–H and O–H groups in total. The lowest BCUT2D eigenvalue weighted by molar-refractivity contribution is -0.125. The summed E-state index contributed by atoms with van der Waals surface area (Å²) in [5.74, 6) is 1.36. The van der Waals surface area contributed by atoms with Crippen LogP contribution in [0.15, 0.2) is 30.6 Å². The van der Waals surface area contributed by atoms with Crippen LogP contribution in [0.3, 0.4) is 0 Å². The molecule has 0 unspecified atom stereocenters. The molecule has 0 radical (unpaired) electrons. The molecule has 2 aromatic heterocycles. The summed E-state index contributed by atoms with van der Waals surface area (Å²) in [6.07, 6.45) is 10.0. The molecule has 3 aromatic rings. The fraction of sp³-hybridized carbons (Fsp3) is 0.500. The van der Waals surface area contributed by atoms with E-state index in [9.17, 15) is 13.2 Å². The van der Waals surface area contributed by atoms with Gasteiger partial charge in [0, 0.05) is 24.4 Å². The van der Waals surface area contributed by atoms with Crippen molar-refractivity contribution >= 4 is 38.3 Å². The second-order valence-electron chi connectivity index (χ2n) is 9.89. The lowest BCUT2D eigenvalue weighted by Crippen LogP contribution is -2.35. The molecule has 0 aliphatic heterocycles. The smallest absolute Gasteiger partial charge is 0.223 e. The van der Waals surface area contributed by atoms with Crippen molar-refractivity contribution in [1.29, 1.82) is 0 Å². The van der Waals surface area contributed by atoms with Gasteiger partial charge in [-0.2, -0.15) is 0 Å². The van der Waals surface area contributed by atoms with Gasteiger partial charge in [0.1, 0.15) is 33.4 Å². The maximum Gasteiger partial charge on any atom is 0.223 e. The lowest BCUT2D eigenvalue weighted by Gasteiger charge is -2.22. The fourth-order valence-electron chi connectivity index (χ4n) is 5.24. The number of fused-ring (bicyclic) bond motifs is 3. The van der Waals surface area contributed by atoms with Gasteiger partial charge in [0.15, 0.2) is 0 Å². The Hall–Kier alpha value is -3.14. The number of hydrogen-bond acceptors (Lipinski definition) is 7. The Balaban J connectivity index is 1.34. The Kier molecular flexibility index (Phi) is 7.13. The number of H-pyrrole nitrogens is 1. The standard InChI is InChI=1S/C26H33N5O4S/c1-36(33,34)14-6-13-27-26(32)17-11-12-20-19(15-17)23-24(30-20)28-16-29-25(23)31-21-9-4-5-10-22(21)35-18-7-2-3-8-18/h4-5,9-10,16-18H,2-3,6-8,11-15H2,1H3,(H,27,32)(H2,28,29,30,31)/t17-/m0/s1. The predicted octanol–water partition coefficient (Wildman–Crippen LogP) is 3.68. The number of anilines is 2. The minimum atomic E-state index is -3.03. The largest absolute Gasteiger partial charge is 0.488 e. The number of ether oxygens (including phenoxy) is 1. The van der Waals surface area contributed by atoms with E-state index in [1.165, 1.54) is 19.1 Å². The van der Waals surface area contributed by atoms with Crippen molar-refractivity contribution in [2.45, 2.75) is 57.5 Å². The quantitative estimate of drug-likeness (QED) is 0.374. The van der Waals surface area contributed by atoms with Gasteiger partial charge < -0.3 is 20.4 Å². The second kappa shape index (κ2) is 10.5. The van der Waals surface area contributed by atoms with Gasteiger partial charge in [-0.15, -0.1) is 0 Å². The molecule has 36 heavy (non-hydrogen) atoms. The number of carbonyl (C=O) groups excluding carboxylic acids is 1. The van der Waals surface area contributed by atoms with Crippen LogP contribution < -0.4 is 15.4 Å². The second-order valence-corrected chi connectivity index (χ2v) is 12.1. The number of aromatic nitrogens is 3. The number of amides is 1. The fourth-order valence-corrected chi connectivity index (χ4v) is 5.90. The van der Waals surface area contributed by atoms with E-state index >= 15 is 0 Å². The van der Waals surface area contributed by atoms with E-state index in [0.717, 1.165) is 59.4 Å². The molecule has 0 saturated heterocycles. The van der Waals surface area contributed by atoms with Crippen LogP contribution in [-0.2, 0) is 27.5 Å². The SMILES string of the molecule is CS(=O)(=O)CCCNC(=O)[C@H]1CCc2[nH]c3ncnc(Nc4ccccc4OC4CCCC4)c3c2C1. The van der Waals surface area contributed by atoms with Crippen LogP contribution in [0.1, 0.15) is 49.8 Å². The van der Waals surface area contributed by atoms with Crippen LogP contribution in [0.2, 0.25) is 0 Å². The van der Waals surface area contributed by atoms with Crippen molar-refractivity contribution in [3.63, 3.8) is 0 Å². The third kappa shape index (κ3) is 5.64. The van der Waals surface area contributed by atoms with Crippen molar-refractivity contribution < 1.29 is 17.9 Å². The molecule has 2 aliphatic carbocycles. The first kappa shape index (κ1) is 24.5. The van der Waals surface area contributed by atoms with Crippen molar-refractivity contribution in [3.05, 3.63) is 41.9 Å². The summed E-state index contributed by atoms with van der Waals surface area (Å²) >= 11 is 0. The first-order chi connectivity index (χ1) is 17.4. The van der Waals surface area contributed by atoms with Gasteiger partial charge in [0.2, 0.25) is 5.91 Å². The van der Waals surface area contributed by atoms with E-state index < -0.39 is 9.84 Å². The lowest BCUT2D eigenvalue weighted by atomic mass is 9.86. The summed E-state index contributed by atoms with van der Waals surface area (Å²) in [5.41, 5.74) is 3.76. The average molecular weight is 512 g/mol. The highest BCUT2D eigenvalue weighted by Crippen LogP contribution is 2.37. The van der Waals surface area contributed by atoms with Crippen molar-refractivity contribution in [2.75, 3.05) is 23.9 Å². The van der Waals surface area contributed by atoms with Gasteiger partial charge >= 0.3 is 0 Å². The highest BCUT2D eigenvalue weighted by Gasteiger charge is 2.29. The van der Waals surface area contributed by atoms with Crippen LogP contribution in [0.5, 0.6) is 5.75 Å². The Labute approximate surface area is 211 Å². The molecule has 0 spiro atoms. The molecule has 10 heteroatoms. The van der Waals surface area contributed by atoms with Crippen molar-refractivity contribution in [1.82, 2.24) is 20.3 Å². The number of aryl methyl sites for hydroxylation is 1. The van der Waals surface area contributed by atoms with Crippen molar-refractivity contribution in [3.8, 4) is 5.75 Å². The molecule has 192 valence electrons. The van der Waals surface area contributed by atoms with E-state index in [1.807, 2.05) is 24.3 Å². The molecule has 2 heterocycles. The highest BCUT2D eigenvalue weighted by molar-refractivity contribution is 7.90. The van der Waals surface area contributed by atoms with Gasteiger partial charge in [-0.05, 0) is 69.1 Å². The number of nitrogens with zero attached hydrogens (tertiary/aromatic N) is 2. The number of aromatic amines is 1. The van der Waals surface area contributed by atoms with E-state index in [4.69, 9.17) is 4.74 Å². The summed E-state index contributed by atoms with van der Waals surface area (Å²) < 4.78 is 29.0. The third-order valence-electron chi connectivity index (χ3n) is 7.07. The van der Waals surface area contributed by atoms with Gasteiger partial charge in [-0.25, -0.2) is 18.4 Å². The molecular weight excluding hydrogens is 478 g/mol. The van der Waals surface area contributed by atoms with Gasteiger partial charge in [0.05, 0.1) is 22.9 Å². The maximum absolute atomic E-state index is 12.8. The number of rotatable bonds is 9. The number of hydrogen-bond donors (Lipinski definition) is 3. The first-order valence-electron chi connectivity index (χ1n) is 12.7. The highest BCUT2D eigenvalue weighted by atomic mass is 32.2. The number of para-hydroxylation sites is 2. The van der Waals surface area contributed by atoms with Crippen LogP contribution in [0.4, 0.5) is 11.5 Å². The molecule has 1 atom stereocenters. The summed E-state index contributed by atoms with van der Waals surface area (Å²) in [6, 6.07) is 7.92. The summed E-state index contributed by atoms with van der Waals surface area (Å²) in [5, 5.41) is 7.29. The van der Waals surface area contributed by atoms with E-state index in [0.29, 0.717) is 25.2 Å². The number of carbonyl (C=O) groups is 1. The molecule has 9 nitrogen and oxygen atoms in total. The zero-order valence-electron chi connectivity index (χ0n) is 20.5. The normalized spacial score (nSPS) is 18.2. The molecule has 0 bridgehead atoms. The summed E-state index contributed by atoms with van der Waals surface area (Å²) in [7, 11) is -3.03. The molecular formula is C26H33N5O4S. The first-order valence-corrected chi connectivity index (χ1v) is 14.8. The number of nitrogens with one attached hydrogen (secondary N) is 3. The third-order valence-corrected chi connectivity index (χ3v) is 8.10. The maximum atomic E-state index is 12.8. The number of sulfone groups is 1. The average Bonchev–Trinajstić information content (AvgIpc) is 3.50. The van der Waals surface area contributed by atoms with Gasteiger partial charge in [-0.3, -0.25) is 4.79 Å². The monoisotopic (exact) mass is 511 g/mol. The Bertz CT molecular complexity index is 1350. The molecule has 1 aromatic carbocycles. The van der Waals surface area contributed by atoms with E-state index in [2.05, 4.69) is 25.6 Å². The van der Waals surface area contributed by atoms with Crippen LogP contribution in [-0.4, -0.2) is 53.9 Å². The summed E-state index contributed by atoms with van der Waals surface area (Å²) in [6.45, 7) is 0.358. The Morgan fingerprint density at radius 1 is 1.17 bits per heavy atom. The molecule has 5 rings (SSSR count). The Morgan fingerprint density at radius 2 is 1.97 bits per heavy atom. The minimum Gasteiger partial charge on any atom is -0.488 e. The molecule has 1 fully saturated rings. The van der Waals surface area contributed by atoms with Gasteiger partial charge in [0.25, 0.3) is 0 Å². The summed E-state index contributed by atoms with van der Waals surface area (Å²) in [4.78, 5) is 25.3. The topological polar surface area (TPSA) is 126 Å². The van der Waals surface area contributed by atoms with E-state index in [1.54, 1.807) is 6.33 Å². The van der Waals surface area contributed by atoms with Crippen LogP contribution in [0.25, 0.3) is 11.0 Å². The van der Waals surface area contributed by atoms with Crippen LogP contribution in [0, 0.1) is 5.92 Å². The predicted molar refractivity (Wildman–Crippen MR) is 139 cm³/mol. The van der Waals surface area contributed by atoms with Gasteiger partial charge in [-0.1, -0.05) is 12.1 Å². The zero-order valence-corrected chi connectivity index (χ0v) is 21.4. The van der Waals surface area contributed by atoms with E-state index in [-0.39, 0.29) is 23.7 Å². The molecule has 2 aliphatic rings. The molecule has 1 saturated carbocycles. The van der Waals surface area contributed by atoms with Crippen molar-refractivity contribution in [2.24, 2.45) is 5.92 Å². The number of benzene rings is 1. The Morgan fingerprint density at radius 3 is 2.78 bits per heavy atom. The molecule has 1 amide bonds.